The summed E-state index contributed by atoms with van der Waals surface area (Å²) in [7, 11) is 1.69. The Bertz CT molecular complexity index is 84.2. The molecule has 0 rings (SSSR count). The molecule has 0 saturated carbocycles. The number of methoxy groups -OCH3 is 1. The lowest BCUT2D eigenvalue weighted by Crippen LogP contribution is -2.21. The van der Waals surface area contributed by atoms with Crippen LogP contribution in [0.5, 0.6) is 0 Å². The first kappa shape index (κ1) is 10.9. The molecular formula is C8H19NO2. The second kappa shape index (κ2) is 6.58. The van der Waals surface area contributed by atoms with Crippen molar-refractivity contribution in [3.8, 4) is 0 Å². The molecule has 0 aliphatic heterocycles. The summed E-state index contributed by atoms with van der Waals surface area (Å²) in [6, 6.07) is 0. The van der Waals surface area contributed by atoms with Gasteiger partial charge in [0.1, 0.15) is 0 Å². The highest BCUT2D eigenvalue weighted by atomic mass is 16.5. The lowest BCUT2D eigenvalue weighted by molar-refractivity contribution is 0.132. The van der Waals surface area contributed by atoms with Crippen molar-refractivity contribution < 1.29 is 9.84 Å². The monoisotopic (exact) mass is 161 g/mol. The molecule has 68 valence electrons. The topological polar surface area (TPSA) is 55.5 Å². The van der Waals surface area contributed by atoms with E-state index in [1.807, 2.05) is 0 Å². The molecule has 0 amide bonds. The van der Waals surface area contributed by atoms with Crippen molar-refractivity contribution in [2.24, 2.45) is 17.6 Å². The van der Waals surface area contributed by atoms with E-state index in [0.717, 1.165) is 13.0 Å². The second-order valence-electron chi connectivity index (χ2n) is 3.08. The molecule has 2 atom stereocenters. The molecule has 0 aliphatic rings. The highest BCUT2D eigenvalue weighted by Gasteiger charge is 2.09. The van der Waals surface area contributed by atoms with Gasteiger partial charge in [-0.3, -0.25) is 0 Å². The van der Waals surface area contributed by atoms with Crippen LogP contribution in [-0.2, 0) is 4.74 Å². The Balaban J connectivity index is 3.44. The number of nitrogens with two attached hydrogens (primary N) is 1. The predicted molar refractivity (Wildman–Crippen MR) is 45.3 cm³/mol. The van der Waals surface area contributed by atoms with Crippen LogP contribution in [0.15, 0.2) is 0 Å². The number of aliphatic hydroxyl groups is 1. The van der Waals surface area contributed by atoms with Crippen LogP contribution in [0.3, 0.4) is 0 Å². The van der Waals surface area contributed by atoms with Crippen LogP contribution < -0.4 is 5.73 Å². The minimum Gasteiger partial charge on any atom is -0.396 e. The van der Waals surface area contributed by atoms with Crippen molar-refractivity contribution in [2.75, 3.05) is 26.9 Å². The van der Waals surface area contributed by atoms with Crippen LogP contribution in [0.25, 0.3) is 0 Å². The van der Waals surface area contributed by atoms with Crippen molar-refractivity contribution in [2.45, 2.75) is 13.3 Å². The highest BCUT2D eigenvalue weighted by molar-refractivity contribution is 4.62. The molecule has 11 heavy (non-hydrogen) atoms. The van der Waals surface area contributed by atoms with Crippen LogP contribution >= 0.6 is 0 Å². The fourth-order valence-corrected chi connectivity index (χ4v) is 1.17. The van der Waals surface area contributed by atoms with E-state index in [-0.39, 0.29) is 12.5 Å². The maximum absolute atomic E-state index is 8.82. The van der Waals surface area contributed by atoms with Crippen molar-refractivity contribution in [1.29, 1.82) is 0 Å². The van der Waals surface area contributed by atoms with Crippen LogP contribution in [-0.4, -0.2) is 32.0 Å². The second-order valence-corrected chi connectivity index (χ2v) is 3.08. The summed E-state index contributed by atoms with van der Waals surface area (Å²) in [6.45, 7) is 3.59. The Labute approximate surface area is 68.5 Å². The third-order valence-corrected chi connectivity index (χ3v) is 1.78. The van der Waals surface area contributed by atoms with Gasteiger partial charge in [0.25, 0.3) is 0 Å². The lowest BCUT2D eigenvalue weighted by atomic mass is 9.97. The standard InChI is InChI=1S/C8H19NO2/c1-7(6-11-2)3-8(4-9)5-10/h7-8,10H,3-6,9H2,1-2H3. The molecule has 0 aromatic rings. The van der Waals surface area contributed by atoms with Crippen LogP contribution in [0.4, 0.5) is 0 Å². The lowest BCUT2D eigenvalue weighted by Gasteiger charge is -2.16. The van der Waals surface area contributed by atoms with E-state index in [2.05, 4.69) is 6.92 Å². The predicted octanol–water partition coefficient (Wildman–Crippen LogP) is 0.226. The number of ether oxygens (including phenoxy) is 1. The zero-order valence-electron chi connectivity index (χ0n) is 7.42. The van der Waals surface area contributed by atoms with Gasteiger partial charge in [-0.15, -0.1) is 0 Å². The maximum Gasteiger partial charge on any atom is 0.0487 e. The van der Waals surface area contributed by atoms with Gasteiger partial charge in [0.15, 0.2) is 0 Å². The number of rotatable bonds is 6. The number of hydrogen-bond donors (Lipinski definition) is 2. The molecule has 3 N–H and O–H groups in total. The molecule has 0 aliphatic carbocycles. The Morgan fingerprint density at radius 3 is 2.55 bits per heavy atom. The van der Waals surface area contributed by atoms with E-state index in [9.17, 15) is 0 Å². The highest BCUT2D eigenvalue weighted by Crippen LogP contribution is 2.10. The summed E-state index contributed by atoms with van der Waals surface area (Å²) in [4.78, 5) is 0. The molecule has 3 heteroatoms. The van der Waals surface area contributed by atoms with Crippen molar-refractivity contribution in [3.05, 3.63) is 0 Å². The average molecular weight is 161 g/mol. The van der Waals surface area contributed by atoms with Crippen LogP contribution in [0.1, 0.15) is 13.3 Å². The molecule has 0 spiro atoms. The number of aliphatic hydroxyl groups excluding tert-OH is 1. The molecule has 0 bridgehead atoms. The third-order valence-electron chi connectivity index (χ3n) is 1.78. The molecular weight excluding hydrogens is 142 g/mol. The van der Waals surface area contributed by atoms with Gasteiger partial charge in [0, 0.05) is 20.3 Å². The summed E-state index contributed by atoms with van der Waals surface area (Å²) in [5, 5.41) is 8.82. The van der Waals surface area contributed by atoms with Crippen LogP contribution in [0, 0.1) is 11.8 Å². The van der Waals surface area contributed by atoms with Crippen molar-refractivity contribution in [1.82, 2.24) is 0 Å². The molecule has 0 aromatic heterocycles. The van der Waals surface area contributed by atoms with Gasteiger partial charge in [-0.1, -0.05) is 6.92 Å². The van der Waals surface area contributed by atoms with Gasteiger partial charge in [0.2, 0.25) is 0 Å². The first-order chi connectivity index (χ1) is 5.24. The zero-order chi connectivity index (χ0) is 8.69. The zero-order valence-corrected chi connectivity index (χ0v) is 7.42. The number of hydrogen-bond acceptors (Lipinski definition) is 3. The van der Waals surface area contributed by atoms with Gasteiger partial charge in [-0.05, 0) is 24.8 Å². The summed E-state index contributed by atoms with van der Waals surface area (Å²) in [5.41, 5.74) is 5.43. The Morgan fingerprint density at radius 2 is 2.18 bits per heavy atom. The summed E-state index contributed by atoms with van der Waals surface area (Å²) in [6.07, 6.45) is 0.945. The van der Waals surface area contributed by atoms with Crippen LogP contribution in [0.2, 0.25) is 0 Å². The molecule has 0 fully saturated rings. The smallest absolute Gasteiger partial charge is 0.0487 e. The largest absolute Gasteiger partial charge is 0.396 e. The van der Waals surface area contributed by atoms with E-state index in [4.69, 9.17) is 15.6 Å². The van der Waals surface area contributed by atoms with Gasteiger partial charge in [-0.25, -0.2) is 0 Å². The quantitative estimate of drug-likeness (QED) is 0.586. The Hall–Kier alpha value is -0.120. The summed E-state index contributed by atoms with van der Waals surface area (Å²) >= 11 is 0. The molecule has 0 radical (unpaired) electrons. The van der Waals surface area contributed by atoms with E-state index in [1.165, 1.54) is 0 Å². The fourth-order valence-electron chi connectivity index (χ4n) is 1.17. The van der Waals surface area contributed by atoms with E-state index < -0.39 is 0 Å². The summed E-state index contributed by atoms with van der Waals surface area (Å²) < 4.78 is 4.97. The molecule has 3 nitrogen and oxygen atoms in total. The normalized spacial score (nSPS) is 16.4. The third kappa shape index (κ3) is 5.18. The van der Waals surface area contributed by atoms with E-state index >= 15 is 0 Å². The Kier molecular flexibility index (Phi) is 6.51. The fraction of sp³-hybridized carbons (Fsp3) is 1.00. The molecule has 0 saturated heterocycles. The Morgan fingerprint density at radius 1 is 1.55 bits per heavy atom. The first-order valence-electron chi connectivity index (χ1n) is 4.04. The SMILES string of the molecule is COCC(C)CC(CN)CO. The van der Waals surface area contributed by atoms with E-state index in [1.54, 1.807) is 7.11 Å². The summed E-state index contributed by atoms with van der Waals surface area (Å²) in [5.74, 6) is 0.723. The van der Waals surface area contributed by atoms with Crippen molar-refractivity contribution in [3.63, 3.8) is 0 Å². The van der Waals surface area contributed by atoms with Gasteiger partial charge < -0.3 is 15.6 Å². The molecule has 0 heterocycles. The van der Waals surface area contributed by atoms with E-state index in [0.29, 0.717) is 12.5 Å². The van der Waals surface area contributed by atoms with Gasteiger partial charge in [0.05, 0.1) is 0 Å². The van der Waals surface area contributed by atoms with Gasteiger partial charge >= 0.3 is 0 Å². The molecule has 0 aromatic carbocycles. The first-order valence-corrected chi connectivity index (χ1v) is 4.04. The minimum absolute atomic E-state index is 0.185. The average Bonchev–Trinajstić information content (AvgIpc) is 2.01. The molecule has 2 unspecified atom stereocenters. The maximum atomic E-state index is 8.82. The van der Waals surface area contributed by atoms with Crippen molar-refractivity contribution >= 4 is 0 Å². The van der Waals surface area contributed by atoms with Gasteiger partial charge in [-0.2, -0.15) is 0 Å². The minimum atomic E-state index is 0.185.